The summed E-state index contributed by atoms with van der Waals surface area (Å²) in [5, 5.41) is 4.49. The molecule has 0 unspecified atom stereocenters. The van der Waals surface area contributed by atoms with Gasteiger partial charge in [0.2, 0.25) is 0 Å². The van der Waals surface area contributed by atoms with Gasteiger partial charge < -0.3 is 0 Å². The van der Waals surface area contributed by atoms with Gasteiger partial charge in [0.25, 0.3) is 0 Å². The van der Waals surface area contributed by atoms with Crippen molar-refractivity contribution in [2.24, 2.45) is 0 Å². The Balaban J connectivity index is 1.29. The van der Waals surface area contributed by atoms with Crippen molar-refractivity contribution in [1.29, 1.82) is 0 Å². The summed E-state index contributed by atoms with van der Waals surface area (Å²) in [5.41, 5.74) is 10.1. The summed E-state index contributed by atoms with van der Waals surface area (Å²) in [4.78, 5) is 15.3. The van der Waals surface area contributed by atoms with Crippen molar-refractivity contribution in [3.63, 3.8) is 0 Å². The average Bonchev–Trinajstić information content (AvgIpc) is 3.21. The minimum absolute atomic E-state index is 0.649. The third kappa shape index (κ3) is 5.32. The number of fused-ring (bicyclic) bond motifs is 2. The number of aromatic nitrogens is 3. The minimum atomic E-state index is 0.649. The van der Waals surface area contributed by atoms with Gasteiger partial charge in [0.05, 0.1) is 0 Å². The molecule has 0 bridgehead atoms. The Kier molecular flexibility index (Phi) is 7.49. The summed E-state index contributed by atoms with van der Waals surface area (Å²) in [6, 6.07) is 65.8. The smallest absolute Gasteiger partial charge is 0.165 e. The van der Waals surface area contributed by atoms with E-state index in [1.807, 2.05) is 36.4 Å². The summed E-state index contributed by atoms with van der Waals surface area (Å²) in [5.74, 6) is 1.95. The van der Waals surface area contributed by atoms with E-state index in [0.29, 0.717) is 17.5 Å². The van der Waals surface area contributed by atoms with Crippen LogP contribution in [0.25, 0.3) is 89.1 Å². The van der Waals surface area contributed by atoms with Crippen molar-refractivity contribution in [2.75, 3.05) is 0 Å². The highest BCUT2D eigenvalue weighted by Crippen LogP contribution is 2.45. The Hall–Kier alpha value is -6.71. The van der Waals surface area contributed by atoms with E-state index in [1.165, 1.54) is 33.4 Å². The Bertz CT molecular complexity index is 2500. The van der Waals surface area contributed by atoms with Crippen molar-refractivity contribution >= 4 is 21.5 Å². The second kappa shape index (κ2) is 12.7. The van der Waals surface area contributed by atoms with Crippen LogP contribution in [0.15, 0.2) is 188 Å². The maximum atomic E-state index is 5.18. The van der Waals surface area contributed by atoms with Gasteiger partial charge in [-0.25, -0.2) is 15.0 Å². The average molecular weight is 638 g/mol. The van der Waals surface area contributed by atoms with Crippen LogP contribution in [0.1, 0.15) is 0 Å². The fraction of sp³-hybridized carbons (Fsp3) is 0. The van der Waals surface area contributed by atoms with Crippen molar-refractivity contribution in [3.05, 3.63) is 188 Å². The molecule has 0 spiro atoms. The fourth-order valence-electron chi connectivity index (χ4n) is 7.01. The van der Waals surface area contributed by atoms with Crippen LogP contribution in [-0.4, -0.2) is 15.0 Å². The van der Waals surface area contributed by atoms with Crippen molar-refractivity contribution < 1.29 is 0 Å². The van der Waals surface area contributed by atoms with Gasteiger partial charge in [-0.1, -0.05) is 188 Å². The second-order valence-corrected chi connectivity index (χ2v) is 12.4. The topological polar surface area (TPSA) is 38.7 Å². The van der Waals surface area contributed by atoms with Crippen LogP contribution in [-0.2, 0) is 0 Å². The molecule has 0 aliphatic carbocycles. The van der Waals surface area contributed by atoms with E-state index in [4.69, 9.17) is 15.0 Å². The molecule has 0 aliphatic heterocycles. The molecular weight excluding hydrogens is 607 g/mol. The van der Waals surface area contributed by atoms with E-state index in [-0.39, 0.29) is 0 Å². The van der Waals surface area contributed by atoms with Crippen LogP contribution in [0, 0.1) is 0 Å². The van der Waals surface area contributed by atoms with E-state index >= 15 is 0 Å². The van der Waals surface area contributed by atoms with Gasteiger partial charge in [-0.2, -0.15) is 0 Å². The Morgan fingerprint density at radius 1 is 0.220 bits per heavy atom. The van der Waals surface area contributed by atoms with E-state index in [2.05, 4.69) is 152 Å². The van der Waals surface area contributed by atoms with Gasteiger partial charge in [0.1, 0.15) is 0 Å². The molecule has 50 heavy (non-hydrogen) atoms. The van der Waals surface area contributed by atoms with Gasteiger partial charge in [-0.15, -0.1) is 0 Å². The highest BCUT2D eigenvalue weighted by Gasteiger charge is 2.21. The van der Waals surface area contributed by atoms with Gasteiger partial charge in [0, 0.05) is 16.7 Å². The quantitative estimate of drug-likeness (QED) is 0.170. The van der Waals surface area contributed by atoms with Gasteiger partial charge in [-0.05, 0) is 54.9 Å². The molecule has 3 heteroatoms. The molecular formula is C47H31N3. The lowest BCUT2D eigenvalue weighted by Gasteiger charge is -2.19. The maximum absolute atomic E-state index is 5.18. The molecule has 0 fully saturated rings. The first kappa shape index (κ1) is 29.4. The number of hydrogen-bond donors (Lipinski definition) is 0. The molecule has 9 aromatic rings. The minimum Gasteiger partial charge on any atom is -0.208 e. The highest BCUT2D eigenvalue weighted by atomic mass is 15.0. The third-order valence-corrected chi connectivity index (χ3v) is 9.35. The van der Waals surface area contributed by atoms with Crippen molar-refractivity contribution in [1.82, 2.24) is 15.0 Å². The molecule has 0 amide bonds. The molecule has 0 saturated heterocycles. The lowest BCUT2D eigenvalue weighted by molar-refractivity contribution is 1.08. The highest BCUT2D eigenvalue weighted by molar-refractivity contribution is 6.21. The SMILES string of the molecule is c1ccc(-c2ccc(-c3ccccc3-c3c4ccccc4c(-c4nc(-c5ccccc5)nc(-c5ccccc5)n4)c4ccccc34)cc2)cc1. The van der Waals surface area contributed by atoms with Crippen LogP contribution in [0.5, 0.6) is 0 Å². The zero-order valence-corrected chi connectivity index (χ0v) is 27.2. The summed E-state index contributed by atoms with van der Waals surface area (Å²) in [6.07, 6.45) is 0. The molecule has 0 radical (unpaired) electrons. The summed E-state index contributed by atoms with van der Waals surface area (Å²) < 4.78 is 0. The van der Waals surface area contributed by atoms with Crippen molar-refractivity contribution in [3.8, 4) is 67.5 Å². The van der Waals surface area contributed by atoms with E-state index in [0.717, 1.165) is 38.2 Å². The van der Waals surface area contributed by atoms with Gasteiger partial charge >= 0.3 is 0 Å². The van der Waals surface area contributed by atoms with Gasteiger partial charge in [0.15, 0.2) is 17.5 Å². The first-order valence-corrected chi connectivity index (χ1v) is 16.9. The summed E-state index contributed by atoms with van der Waals surface area (Å²) in [7, 11) is 0. The van der Waals surface area contributed by atoms with Crippen LogP contribution in [0.3, 0.4) is 0 Å². The van der Waals surface area contributed by atoms with Crippen molar-refractivity contribution in [2.45, 2.75) is 0 Å². The molecule has 0 aliphatic rings. The molecule has 8 aromatic carbocycles. The van der Waals surface area contributed by atoms with Gasteiger partial charge in [-0.3, -0.25) is 0 Å². The molecule has 0 atom stereocenters. The number of nitrogens with zero attached hydrogens (tertiary/aromatic N) is 3. The van der Waals surface area contributed by atoms with Crippen LogP contribution >= 0.6 is 0 Å². The summed E-state index contributed by atoms with van der Waals surface area (Å²) >= 11 is 0. The molecule has 1 heterocycles. The lowest BCUT2D eigenvalue weighted by Crippen LogP contribution is -2.01. The third-order valence-electron chi connectivity index (χ3n) is 9.35. The molecule has 0 N–H and O–H groups in total. The first-order valence-electron chi connectivity index (χ1n) is 16.9. The standard InChI is InChI=1S/C47H31N3/c1-4-16-32(17-5-1)33-28-30-34(31-29-33)37-22-10-11-23-38(37)43-39-24-12-14-26-41(39)44(42-27-15-13-25-40(42)43)47-49-45(35-18-6-2-7-19-35)48-46(50-47)36-20-8-3-9-21-36/h1-31H. The Labute approximate surface area is 291 Å². The number of rotatable bonds is 6. The van der Waals surface area contributed by atoms with Crippen LogP contribution in [0.4, 0.5) is 0 Å². The monoisotopic (exact) mass is 637 g/mol. The Morgan fingerprint density at radius 2 is 0.560 bits per heavy atom. The molecule has 1 aromatic heterocycles. The van der Waals surface area contributed by atoms with E-state index in [9.17, 15) is 0 Å². The molecule has 3 nitrogen and oxygen atoms in total. The lowest BCUT2D eigenvalue weighted by atomic mass is 9.85. The molecule has 9 rings (SSSR count). The number of hydrogen-bond acceptors (Lipinski definition) is 3. The fourth-order valence-corrected chi connectivity index (χ4v) is 7.01. The zero-order chi connectivity index (χ0) is 33.3. The predicted octanol–water partition coefficient (Wildman–Crippen LogP) is 12.2. The maximum Gasteiger partial charge on any atom is 0.165 e. The number of benzene rings is 8. The van der Waals surface area contributed by atoms with E-state index < -0.39 is 0 Å². The van der Waals surface area contributed by atoms with E-state index in [1.54, 1.807) is 0 Å². The summed E-state index contributed by atoms with van der Waals surface area (Å²) in [6.45, 7) is 0. The predicted molar refractivity (Wildman–Crippen MR) is 207 cm³/mol. The normalized spacial score (nSPS) is 11.2. The zero-order valence-electron chi connectivity index (χ0n) is 27.2. The molecule has 234 valence electrons. The molecule has 0 saturated carbocycles. The van der Waals surface area contributed by atoms with Crippen LogP contribution in [0.2, 0.25) is 0 Å². The first-order chi connectivity index (χ1) is 24.8. The Morgan fingerprint density at radius 3 is 1.06 bits per heavy atom. The largest absolute Gasteiger partial charge is 0.208 e. The second-order valence-electron chi connectivity index (χ2n) is 12.4. The van der Waals surface area contributed by atoms with Crippen LogP contribution < -0.4 is 0 Å².